The Morgan fingerprint density at radius 1 is 1.14 bits per heavy atom. The van der Waals surface area contributed by atoms with Gasteiger partial charge in [-0.2, -0.15) is 5.26 Å². The van der Waals surface area contributed by atoms with Gasteiger partial charge in [0.05, 0.1) is 23.5 Å². The fourth-order valence-corrected chi connectivity index (χ4v) is 3.12. The van der Waals surface area contributed by atoms with Gasteiger partial charge in [0.25, 0.3) is 5.56 Å². The number of halogens is 4. The average Bonchev–Trinajstić information content (AvgIpc) is 2.67. The fraction of sp³-hybridized carbons (Fsp3) is 0.158. The van der Waals surface area contributed by atoms with Crippen LogP contribution < -0.4 is 11.2 Å². The van der Waals surface area contributed by atoms with Gasteiger partial charge in [0, 0.05) is 12.6 Å². The third-order valence-corrected chi connectivity index (χ3v) is 4.57. The van der Waals surface area contributed by atoms with Gasteiger partial charge in [-0.15, -0.1) is 0 Å². The summed E-state index contributed by atoms with van der Waals surface area (Å²) in [6.45, 7) is 1.24. The van der Waals surface area contributed by atoms with Crippen LogP contribution in [0.3, 0.4) is 0 Å². The maximum absolute atomic E-state index is 13.6. The largest absolute Gasteiger partial charge is 0.337 e. The lowest BCUT2D eigenvalue weighted by atomic mass is 10.1. The zero-order valence-corrected chi connectivity index (χ0v) is 15.7. The molecular weight excluding hydrogens is 409 g/mol. The van der Waals surface area contributed by atoms with Crippen molar-refractivity contribution in [2.24, 2.45) is 0 Å². The van der Waals surface area contributed by atoms with Gasteiger partial charge in [0.1, 0.15) is 11.7 Å². The molecule has 0 aliphatic rings. The second-order valence-electron chi connectivity index (χ2n) is 6.21. The second-order valence-corrected chi connectivity index (χ2v) is 6.57. The lowest BCUT2D eigenvalue weighted by Gasteiger charge is -2.14. The van der Waals surface area contributed by atoms with Gasteiger partial charge in [0.2, 0.25) is 0 Å². The van der Waals surface area contributed by atoms with Crippen LogP contribution in [0.1, 0.15) is 16.7 Å². The predicted molar refractivity (Wildman–Crippen MR) is 98.6 cm³/mol. The first-order valence-electron chi connectivity index (χ1n) is 8.21. The van der Waals surface area contributed by atoms with Crippen molar-refractivity contribution in [3.8, 4) is 11.8 Å². The Hall–Kier alpha value is -3.38. The van der Waals surface area contributed by atoms with Crippen molar-refractivity contribution in [2.45, 2.75) is 19.9 Å². The van der Waals surface area contributed by atoms with E-state index in [0.717, 1.165) is 21.3 Å². The Labute approximate surface area is 167 Å². The molecule has 0 unspecified atom stereocenters. The molecular formula is C19H12ClF3N4O2. The summed E-state index contributed by atoms with van der Waals surface area (Å²) in [4.78, 5) is 29.7. The number of aryl methyl sites for hydroxylation is 1. The fourth-order valence-electron chi connectivity index (χ4n) is 2.84. The molecule has 3 aromatic rings. The molecule has 2 aromatic heterocycles. The molecule has 0 bridgehead atoms. The number of aromatic nitrogens is 3. The first-order chi connectivity index (χ1) is 13.7. The van der Waals surface area contributed by atoms with Crippen LogP contribution in [0.2, 0.25) is 5.15 Å². The molecule has 0 amide bonds. The number of nitriles is 1. The maximum atomic E-state index is 13.6. The summed E-state index contributed by atoms with van der Waals surface area (Å²) in [6.07, 6.45) is 2.40. The topological polar surface area (TPSA) is 80.7 Å². The van der Waals surface area contributed by atoms with Crippen LogP contribution in [0.5, 0.6) is 0 Å². The summed E-state index contributed by atoms with van der Waals surface area (Å²) in [5.74, 6) is -4.49. The van der Waals surface area contributed by atoms with E-state index in [9.17, 15) is 22.8 Å². The third-order valence-electron chi connectivity index (χ3n) is 4.14. The molecule has 6 nitrogen and oxygen atoms in total. The van der Waals surface area contributed by atoms with Crippen molar-refractivity contribution in [1.29, 1.82) is 5.26 Å². The SMILES string of the molecule is Cc1cncc(-n2c(=O)c(Cc3cc(F)c(F)c(F)c3)c(Cl)n(CC#N)c2=O)c1. The molecule has 3 rings (SSSR count). The van der Waals surface area contributed by atoms with Crippen molar-refractivity contribution in [3.63, 3.8) is 0 Å². The first kappa shape index (κ1) is 20.4. The number of rotatable bonds is 4. The normalized spacial score (nSPS) is 10.8. The van der Waals surface area contributed by atoms with Crippen molar-refractivity contribution >= 4 is 11.6 Å². The Kier molecular flexibility index (Phi) is 5.57. The highest BCUT2D eigenvalue weighted by molar-refractivity contribution is 6.30. The van der Waals surface area contributed by atoms with Gasteiger partial charge >= 0.3 is 5.69 Å². The lowest BCUT2D eigenvalue weighted by molar-refractivity contribution is 0.445. The summed E-state index contributed by atoms with van der Waals surface area (Å²) < 4.78 is 42.0. The lowest BCUT2D eigenvalue weighted by Crippen LogP contribution is -2.41. The zero-order chi connectivity index (χ0) is 21.3. The molecule has 29 heavy (non-hydrogen) atoms. The Morgan fingerprint density at radius 2 is 1.79 bits per heavy atom. The summed E-state index contributed by atoms with van der Waals surface area (Å²) >= 11 is 6.17. The van der Waals surface area contributed by atoms with E-state index < -0.39 is 41.7 Å². The van der Waals surface area contributed by atoms with E-state index in [1.807, 2.05) is 0 Å². The van der Waals surface area contributed by atoms with Crippen LogP contribution in [-0.4, -0.2) is 14.1 Å². The van der Waals surface area contributed by atoms with E-state index in [-0.39, 0.29) is 22.0 Å². The summed E-state index contributed by atoms with van der Waals surface area (Å²) in [7, 11) is 0. The Bertz CT molecular complexity index is 1250. The van der Waals surface area contributed by atoms with Gasteiger partial charge in [-0.25, -0.2) is 22.5 Å². The Balaban J connectivity index is 2.28. The highest BCUT2D eigenvalue weighted by atomic mass is 35.5. The van der Waals surface area contributed by atoms with Crippen LogP contribution >= 0.6 is 11.6 Å². The van der Waals surface area contributed by atoms with Crippen LogP contribution in [0, 0.1) is 35.7 Å². The molecule has 2 heterocycles. The monoisotopic (exact) mass is 420 g/mol. The van der Waals surface area contributed by atoms with E-state index in [0.29, 0.717) is 5.56 Å². The van der Waals surface area contributed by atoms with Crippen LogP contribution in [-0.2, 0) is 13.0 Å². The molecule has 0 aliphatic heterocycles. The summed E-state index contributed by atoms with van der Waals surface area (Å²) in [5, 5.41) is 8.67. The van der Waals surface area contributed by atoms with E-state index in [1.54, 1.807) is 13.0 Å². The number of nitrogens with zero attached hydrogens (tertiary/aromatic N) is 4. The Morgan fingerprint density at radius 3 is 2.38 bits per heavy atom. The second kappa shape index (κ2) is 7.93. The minimum absolute atomic E-state index is 0.0727. The van der Waals surface area contributed by atoms with Crippen molar-refractivity contribution in [2.75, 3.05) is 0 Å². The summed E-state index contributed by atoms with van der Waals surface area (Å²) in [6, 6.07) is 4.76. The molecule has 0 aliphatic carbocycles. The molecule has 1 aromatic carbocycles. The first-order valence-corrected chi connectivity index (χ1v) is 8.59. The van der Waals surface area contributed by atoms with Gasteiger partial charge in [-0.1, -0.05) is 11.6 Å². The molecule has 10 heteroatoms. The molecule has 0 saturated carbocycles. The van der Waals surface area contributed by atoms with E-state index in [1.165, 1.54) is 18.5 Å². The van der Waals surface area contributed by atoms with Crippen molar-refractivity contribution < 1.29 is 13.2 Å². The minimum Gasteiger partial charge on any atom is -0.269 e. The van der Waals surface area contributed by atoms with Crippen LogP contribution in [0.25, 0.3) is 5.69 Å². The van der Waals surface area contributed by atoms with Crippen molar-refractivity contribution in [1.82, 2.24) is 14.1 Å². The number of hydrogen-bond donors (Lipinski definition) is 0. The minimum atomic E-state index is -1.64. The van der Waals surface area contributed by atoms with E-state index in [4.69, 9.17) is 16.9 Å². The van der Waals surface area contributed by atoms with Gasteiger partial charge in [-0.3, -0.25) is 14.3 Å². The number of benzene rings is 1. The molecule has 0 saturated heterocycles. The van der Waals surface area contributed by atoms with Crippen molar-refractivity contribution in [3.05, 3.63) is 90.7 Å². The highest BCUT2D eigenvalue weighted by Crippen LogP contribution is 2.19. The molecule has 0 atom stereocenters. The van der Waals surface area contributed by atoms with Gasteiger partial charge in [-0.05, 0) is 36.2 Å². The highest BCUT2D eigenvalue weighted by Gasteiger charge is 2.21. The zero-order valence-electron chi connectivity index (χ0n) is 14.9. The van der Waals surface area contributed by atoms with E-state index >= 15 is 0 Å². The van der Waals surface area contributed by atoms with Crippen LogP contribution in [0.4, 0.5) is 13.2 Å². The number of pyridine rings is 1. The standard InChI is InChI=1S/C19H12ClF3N4O2/c1-10-4-12(9-25-8-10)27-18(28)13(17(20)26(3-2-24)19(27)29)5-11-6-14(21)16(23)15(22)7-11/h4,6-9H,3,5H2,1H3. The van der Waals surface area contributed by atoms with Crippen LogP contribution in [0.15, 0.2) is 40.2 Å². The van der Waals surface area contributed by atoms with E-state index in [2.05, 4.69) is 4.98 Å². The van der Waals surface area contributed by atoms with Gasteiger partial charge in [0.15, 0.2) is 17.5 Å². The molecule has 0 radical (unpaired) electrons. The molecule has 0 N–H and O–H groups in total. The van der Waals surface area contributed by atoms with Gasteiger partial charge < -0.3 is 0 Å². The third kappa shape index (κ3) is 3.79. The molecule has 0 fully saturated rings. The quantitative estimate of drug-likeness (QED) is 0.480. The number of hydrogen-bond acceptors (Lipinski definition) is 4. The average molecular weight is 421 g/mol. The summed E-state index contributed by atoms with van der Waals surface area (Å²) in [5.41, 5.74) is -1.16. The molecule has 0 spiro atoms. The maximum Gasteiger partial charge on any atom is 0.337 e. The predicted octanol–water partition coefficient (Wildman–Crippen LogP) is 2.89. The molecule has 148 valence electrons. The smallest absolute Gasteiger partial charge is 0.269 e.